The molecule has 0 amide bonds. The number of hydrazine groups is 1. The van der Waals surface area contributed by atoms with Gasteiger partial charge in [0, 0.05) is 49.4 Å². The van der Waals surface area contributed by atoms with E-state index in [1.165, 1.54) is 0 Å². The van der Waals surface area contributed by atoms with Crippen LogP contribution in [0.1, 0.15) is 17.9 Å². The van der Waals surface area contributed by atoms with Crippen LogP contribution in [0.4, 0.5) is 5.69 Å². The normalized spacial score (nSPS) is 14.9. The molecule has 156 valence electrons. The molecule has 4 rings (SSSR count). The van der Waals surface area contributed by atoms with Crippen molar-refractivity contribution in [2.45, 2.75) is 18.9 Å². The van der Waals surface area contributed by atoms with Gasteiger partial charge in [0.15, 0.2) is 5.82 Å². The molecule has 1 fully saturated rings. The number of aromatic nitrogens is 4. The Morgan fingerprint density at radius 2 is 1.97 bits per heavy atom. The molecule has 2 aromatic heterocycles. The fraction of sp³-hybridized carbons (Fsp3) is 0.444. The van der Waals surface area contributed by atoms with Gasteiger partial charge in [0.2, 0.25) is 0 Å². The average molecular weight is 440 g/mol. The summed E-state index contributed by atoms with van der Waals surface area (Å²) in [6.07, 6.45) is 4.41. The molecule has 29 heavy (non-hydrogen) atoms. The molecular formula is C18H23Cl2N7O2. The molecule has 0 spiro atoms. The van der Waals surface area contributed by atoms with Crippen molar-refractivity contribution in [1.29, 1.82) is 0 Å². The first kappa shape index (κ1) is 20.4. The first-order chi connectivity index (χ1) is 14.1. The first-order valence-electron chi connectivity index (χ1n) is 9.48. The number of anilines is 1. The predicted molar refractivity (Wildman–Crippen MR) is 113 cm³/mol. The monoisotopic (exact) mass is 439 g/mol. The third-order valence-electron chi connectivity index (χ3n) is 5.01. The van der Waals surface area contributed by atoms with Crippen molar-refractivity contribution in [3.05, 3.63) is 34.1 Å². The van der Waals surface area contributed by atoms with Crippen molar-refractivity contribution >= 4 is 39.8 Å². The van der Waals surface area contributed by atoms with Crippen LogP contribution in [0.25, 0.3) is 16.7 Å². The molecule has 0 atom stereocenters. The van der Waals surface area contributed by atoms with Crippen LogP contribution in [-0.4, -0.2) is 62.6 Å². The summed E-state index contributed by atoms with van der Waals surface area (Å²) in [4.78, 5) is 0. The Hall–Kier alpha value is -1.88. The number of aliphatic hydroxyl groups excluding tert-OH is 2. The van der Waals surface area contributed by atoms with Gasteiger partial charge < -0.3 is 15.5 Å². The van der Waals surface area contributed by atoms with Gasteiger partial charge in [-0.3, -0.25) is 15.4 Å². The number of hydrogen-bond acceptors (Lipinski definition) is 7. The number of halogens is 2. The average Bonchev–Trinajstić information content (AvgIpc) is 3.44. The maximum Gasteiger partial charge on any atom is 0.179 e. The van der Waals surface area contributed by atoms with E-state index in [9.17, 15) is 0 Å². The summed E-state index contributed by atoms with van der Waals surface area (Å²) in [5.41, 5.74) is 9.07. The maximum atomic E-state index is 9.16. The first-order valence-corrected chi connectivity index (χ1v) is 10.2. The number of rotatable bonds is 8. The second-order valence-electron chi connectivity index (χ2n) is 6.92. The van der Waals surface area contributed by atoms with Crippen molar-refractivity contribution in [2.24, 2.45) is 0 Å². The smallest absolute Gasteiger partial charge is 0.179 e. The number of fused-ring (bicyclic) bond motifs is 1. The van der Waals surface area contributed by atoms with Gasteiger partial charge in [-0.2, -0.15) is 0 Å². The Morgan fingerprint density at radius 3 is 2.69 bits per heavy atom. The Kier molecular flexibility index (Phi) is 6.23. The van der Waals surface area contributed by atoms with E-state index in [4.69, 9.17) is 33.4 Å². The Balaban J connectivity index is 1.90. The van der Waals surface area contributed by atoms with E-state index in [1.807, 2.05) is 16.8 Å². The van der Waals surface area contributed by atoms with Crippen LogP contribution in [0.3, 0.4) is 0 Å². The summed E-state index contributed by atoms with van der Waals surface area (Å²) in [5, 5.41) is 31.9. The summed E-state index contributed by atoms with van der Waals surface area (Å²) < 4.78 is 3.48. The third-order valence-corrected chi connectivity index (χ3v) is 5.78. The summed E-state index contributed by atoms with van der Waals surface area (Å²) in [5.74, 6) is 0.834. The molecule has 1 aromatic carbocycles. The van der Waals surface area contributed by atoms with E-state index in [2.05, 4.69) is 26.5 Å². The summed E-state index contributed by atoms with van der Waals surface area (Å²) in [6.45, 7) is 2.63. The molecule has 1 aliphatic rings. The van der Waals surface area contributed by atoms with Gasteiger partial charge >= 0.3 is 0 Å². The van der Waals surface area contributed by atoms with Crippen molar-refractivity contribution in [1.82, 2.24) is 30.4 Å². The van der Waals surface area contributed by atoms with Crippen molar-refractivity contribution in [3.8, 4) is 5.82 Å². The molecule has 0 bridgehead atoms. The van der Waals surface area contributed by atoms with E-state index in [0.29, 0.717) is 35.4 Å². The fourth-order valence-electron chi connectivity index (χ4n) is 3.62. The minimum absolute atomic E-state index is 0.0224. The summed E-state index contributed by atoms with van der Waals surface area (Å²) in [6, 6.07) is 1.83. The molecule has 0 radical (unpaired) electrons. The zero-order valence-electron chi connectivity index (χ0n) is 15.7. The second-order valence-corrected chi connectivity index (χ2v) is 7.71. The minimum atomic E-state index is -0.0224. The van der Waals surface area contributed by atoms with E-state index >= 15 is 0 Å². The molecule has 3 heterocycles. The Morgan fingerprint density at radius 1 is 1.17 bits per heavy atom. The van der Waals surface area contributed by atoms with E-state index in [-0.39, 0.29) is 19.1 Å². The van der Waals surface area contributed by atoms with Crippen LogP contribution in [0.5, 0.6) is 0 Å². The molecule has 1 aliphatic heterocycles. The summed E-state index contributed by atoms with van der Waals surface area (Å²) in [7, 11) is 0. The predicted octanol–water partition coefficient (Wildman–Crippen LogP) is 1.51. The lowest BCUT2D eigenvalue weighted by molar-refractivity contribution is 0.268. The minimum Gasteiger partial charge on any atom is -0.396 e. The van der Waals surface area contributed by atoms with E-state index in [0.717, 1.165) is 35.2 Å². The van der Waals surface area contributed by atoms with Gasteiger partial charge in [0.25, 0.3) is 0 Å². The highest BCUT2D eigenvalue weighted by molar-refractivity contribution is 6.45. The molecule has 5 N–H and O–H groups in total. The molecule has 0 saturated carbocycles. The molecule has 9 nitrogen and oxygen atoms in total. The highest BCUT2D eigenvalue weighted by atomic mass is 35.5. The second kappa shape index (κ2) is 8.86. The molecule has 0 aliphatic carbocycles. The third kappa shape index (κ3) is 3.94. The fourth-order valence-corrected chi connectivity index (χ4v) is 4.06. The zero-order chi connectivity index (χ0) is 20.4. The van der Waals surface area contributed by atoms with Crippen LogP contribution in [0.15, 0.2) is 18.5 Å². The SMILES string of the molecule is OCCCNc1cc(Cl)c(Cl)c2c1c(C1CNNC1)cn2-c1cn(CCO)nn1. The van der Waals surface area contributed by atoms with Gasteiger partial charge in [-0.15, -0.1) is 5.10 Å². The van der Waals surface area contributed by atoms with Gasteiger partial charge in [-0.05, 0) is 18.1 Å². The van der Waals surface area contributed by atoms with Crippen LogP contribution in [0, 0.1) is 0 Å². The molecule has 3 aromatic rings. The number of hydrogen-bond donors (Lipinski definition) is 5. The quantitative estimate of drug-likeness (QED) is 0.338. The van der Waals surface area contributed by atoms with Crippen LogP contribution in [0.2, 0.25) is 10.0 Å². The van der Waals surface area contributed by atoms with Crippen LogP contribution < -0.4 is 16.2 Å². The highest BCUT2D eigenvalue weighted by Gasteiger charge is 2.26. The Labute approximate surface area is 177 Å². The Bertz CT molecular complexity index is 998. The molecule has 0 unspecified atom stereocenters. The van der Waals surface area contributed by atoms with Gasteiger partial charge in [-0.25, -0.2) is 4.68 Å². The van der Waals surface area contributed by atoms with Crippen molar-refractivity contribution in [2.75, 3.05) is 38.2 Å². The van der Waals surface area contributed by atoms with Gasteiger partial charge in [0.1, 0.15) is 0 Å². The van der Waals surface area contributed by atoms with E-state index in [1.54, 1.807) is 10.9 Å². The summed E-state index contributed by atoms with van der Waals surface area (Å²) >= 11 is 13.1. The standard InChI is InChI=1S/C18H23Cl2N7O2/c19-13-6-14(21-2-1-4-28)16-12(11-7-22-23-8-11)9-27(18(16)17(13)20)15-10-26(3-5-29)25-24-15/h6,9-11,21-23,28-29H,1-5,7-8H2. The van der Waals surface area contributed by atoms with Gasteiger partial charge in [0.05, 0.1) is 34.9 Å². The maximum absolute atomic E-state index is 9.16. The molecule has 1 saturated heterocycles. The zero-order valence-corrected chi connectivity index (χ0v) is 17.2. The lowest BCUT2D eigenvalue weighted by Crippen LogP contribution is -2.21. The van der Waals surface area contributed by atoms with Crippen LogP contribution >= 0.6 is 23.2 Å². The number of nitrogens with zero attached hydrogens (tertiary/aromatic N) is 4. The molecular weight excluding hydrogens is 417 g/mol. The van der Waals surface area contributed by atoms with E-state index < -0.39 is 0 Å². The van der Waals surface area contributed by atoms with Crippen molar-refractivity contribution in [3.63, 3.8) is 0 Å². The molecule has 11 heteroatoms. The lowest BCUT2D eigenvalue weighted by atomic mass is 9.98. The number of nitrogens with one attached hydrogen (secondary N) is 3. The topological polar surface area (TPSA) is 112 Å². The van der Waals surface area contributed by atoms with Crippen LogP contribution in [-0.2, 0) is 6.54 Å². The number of aliphatic hydroxyl groups is 2. The largest absolute Gasteiger partial charge is 0.396 e. The highest BCUT2D eigenvalue weighted by Crippen LogP contribution is 2.42. The number of benzene rings is 1. The lowest BCUT2D eigenvalue weighted by Gasteiger charge is -2.13. The van der Waals surface area contributed by atoms with Crippen molar-refractivity contribution < 1.29 is 10.2 Å². The van der Waals surface area contributed by atoms with Gasteiger partial charge in [-0.1, -0.05) is 28.4 Å².